The van der Waals surface area contributed by atoms with E-state index >= 15 is 0 Å². The minimum atomic E-state index is -0.258. The summed E-state index contributed by atoms with van der Waals surface area (Å²) in [6, 6.07) is 21.7. The molecule has 3 aromatic rings. The first-order chi connectivity index (χ1) is 15.2. The van der Waals surface area contributed by atoms with Crippen LogP contribution in [0.2, 0.25) is 0 Å². The Hall–Kier alpha value is -3.18. The molecule has 0 spiro atoms. The molecule has 2 nitrogen and oxygen atoms in total. The van der Waals surface area contributed by atoms with Crippen LogP contribution in [0.4, 0.5) is 8.78 Å². The van der Waals surface area contributed by atoms with Crippen molar-refractivity contribution in [3.63, 3.8) is 0 Å². The van der Waals surface area contributed by atoms with E-state index in [2.05, 4.69) is 34.6 Å². The van der Waals surface area contributed by atoms with E-state index in [1.54, 1.807) is 23.9 Å². The second-order valence-electron chi connectivity index (χ2n) is 7.88. The van der Waals surface area contributed by atoms with Gasteiger partial charge in [0.05, 0.1) is 17.4 Å². The highest BCUT2D eigenvalue weighted by Crippen LogP contribution is 2.51. The summed E-state index contributed by atoms with van der Waals surface area (Å²) in [5.41, 5.74) is 7.71. The van der Waals surface area contributed by atoms with Gasteiger partial charge in [-0.15, -0.1) is 0 Å². The molecule has 1 aliphatic carbocycles. The Labute approximate surface area is 183 Å². The maximum absolute atomic E-state index is 13.7. The summed E-state index contributed by atoms with van der Waals surface area (Å²) in [5, 5.41) is 2.97. The molecule has 0 bridgehead atoms. The van der Waals surface area contributed by atoms with Crippen molar-refractivity contribution in [2.75, 3.05) is 0 Å². The molecule has 3 aliphatic rings. The third-order valence-electron chi connectivity index (χ3n) is 6.10. The highest BCUT2D eigenvalue weighted by atomic mass is 32.2. The summed E-state index contributed by atoms with van der Waals surface area (Å²) in [5.74, 6) is -0.506. The van der Waals surface area contributed by atoms with Crippen LogP contribution in [0, 0.1) is 11.6 Å². The van der Waals surface area contributed by atoms with Crippen molar-refractivity contribution in [3.05, 3.63) is 118 Å². The van der Waals surface area contributed by atoms with Gasteiger partial charge in [0.2, 0.25) is 0 Å². The highest BCUT2D eigenvalue weighted by Gasteiger charge is 2.40. The molecular formula is C26H18F2N2S. The minimum Gasteiger partial charge on any atom is -0.308 e. The number of nitrogens with zero attached hydrogens (tertiary/aromatic N) is 2. The molecule has 3 aromatic carbocycles. The summed E-state index contributed by atoms with van der Waals surface area (Å²) in [6.45, 7) is 0. The number of thioether (sulfide) groups is 1. The quantitative estimate of drug-likeness (QED) is 0.447. The largest absolute Gasteiger partial charge is 0.308 e. The van der Waals surface area contributed by atoms with E-state index in [-0.39, 0.29) is 17.7 Å². The molecule has 0 saturated carbocycles. The van der Waals surface area contributed by atoms with E-state index < -0.39 is 0 Å². The predicted molar refractivity (Wildman–Crippen MR) is 122 cm³/mol. The van der Waals surface area contributed by atoms with Gasteiger partial charge in [-0.25, -0.2) is 13.8 Å². The van der Waals surface area contributed by atoms with Crippen LogP contribution in [0.1, 0.15) is 34.7 Å². The summed E-state index contributed by atoms with van der Waals surface area (Å²) in [7, 11) is 0. The molecule has 31 heavy (non-hydrogen) atoms. The van der Waals surface area contributed by atoms with Crippen LogP contribution in [0.5, 0.6) is 0 Å². The van der Waals surface area contributed by atoms with Crippen LogP contribution >= 0.6 is 11.8 Å². The van der Waals surface area contributed by atoms with Crippen molar-refractivity contribution in [3.8, 4) is 0 Å². The van der Waals surface area contributed by atoms with Crippen molar-refractivity contribution in [1.82, 2.24) is 4.90 Å². The Morgan fingerprint density at radius 1 is 0.839 bits per heavy atom. The second-order valence-corrected chi connectivity index (χ2v) is 8.71. The molecule has 2 aliphatic heterocycles. The smallest absolute Gasteiger partial charge is 0.174 e. The van der Waals surface area contributed by atoms with Gasteiger partial charge >= 0.3 is 0 Å². The third-order valence-corrected chi connectivity index (χ3v) is 6.94. The van der Waals surface area contributed by atoms with Crippen molar-refractivity contribution in [2.24, 2.45) is 4.99 Å². The highest BCUT2D eigenvalue weighted by molar-refractivity contribution is 8.16. The van der Waals surface area contributed by atoms with Crippen molar-refractivity contribution in [1.29, 1.82) is 0 Å². The molecular weight excluding hydrogens is 410 g/mol. The lowest BCUT2D eigenvalue weighted by Gasteiger charge is -2.39. The van der Waals surface area contributed by atoms with Gasteiger partial charge in [0.15, 0.2) is 5.17 Å². The van der Waals surface area contributed by atoms with E-state index in [0.717, 1.165) is 40.5 Å². The summed E-state index contributed by atoms with van der Waals surface area (Å²) in [4.78, 5) is 7.30. The molecule has 1 atom stereocenters. The second kappa shape index (κ2) is 7.20. The van der Waals surface area contributed by atoms with Crippen LogP contribution in [0.3, 0.4) is 0 Å². The Balaban J connectivity index is 1.53. The fourth-order valence-electron chi connectivity index (χ4n) is 4.66. The predicted octanol–water partition coefficient (Wildman–Crippen LogP) is 6.78. The van der Waals surface area contributed by atoms with Gasteiger partial charge in [0.1, 0.15) is 11.6 Å². The number of hydrogen-bond acceptors (Lipinski definition) is 3. The average molecular weight is 429 g/mol. The first-order valence-electron chi connectivity index (χ1n) is 10.3. The number of halogens is 2. The van der Waals surface area contributed by atoms with Gasteiger partial charge in [0.25, 0.3) is 0 Å². The molecule has 152 valence electrons. The summed E-state index contributed by atoms with van der Waals surface area (Å²) < 4.78 is 27.3. The molecule has 2 heterocycles. The third kappa shape index (κ3) is 3.03. The Bertz CT molecular complexity index is 1270. The van der Waals surface area contributed by atoms with Crippen LogP contribution < -0.4 is 0 Å². The number of fused-ring (bicyclic) bond motifs is 3. The number of aryl methyl sites for hydroxylation is 1. The molecule has 0 fully saturated rings. The van der Waals surface area contributed by atoms with Crippen molar-refractivity contribution in [2.45, 2.75) is 18.9 Å². The van der Waals surface area contributed by atoms with E-state index in [1.807, 2.05) is 12.1 Å². The van der Waals surface area contributed by atoms with E-state index in [0.29, 0.717) is 0 Å². The molecule has 0 aromatic heterocycles. The molecule has 0 radical (unpaired) electrons. The first-order valence-corrected chi connectivity index (χ1v) is 11.1. The van der Waals surface area contributed by atoms with Gasteiger partial charge in [0, 0.05) is 11.0 Å². The topological polar surface area (TPSA) is 15.6 Å². The summed E-state index contributed by atoms with van der Waals surface area (Å²) >= 11 is 1.58. The van der Waals surface area contributed by atoms with E-state index in [4.69, 9.17) is 4.99 Å². The van der Waals surface area contributed by atoms with Gasteiger partial charge in [-0.05, 0) is 71.5 Å². The molecule has 0 amide bonds. The Morgan fingerprint density at radius 3 is 2.32 bits per heavy atom. The monoisotopic (exact) mass is 428 g/mol. The average Bonchev–Trinajstić information content (AvgIpc) is 3.22. The number of amidine groups is 1. The van der Waals surface area contributed by atoms with Gasteiger partial charge in [-0.2, -0.15) is 0 Å². The molecule has 0 unspecified atom stereocenters. The lowest BCUT2D eigenvalue weighted by atomic mass is 9.82. The number of aliphatic imine (C=N–C) groups is 1. The summed E-state index contributed by atoms with van der Waals surface area (Å²) in [6.07, 6.45) is 1.84. The normalized spacial score (nSPS) is 19.4. The van der Waals surface area contributed by atoms with Crippen LogP contribution in [-0.2, 0) is 6.42 Å². The van der Waals surface area contributed by atoms with Crippen LogP contribution in [0.25, 0.3) is 11.4 Å². The van der Waals surface area contributed by atoms with Gasteiger partial charge in [-0.1, -0.05) is 48.2 Å². The molecule has 0 N–H and O–H groups in total. The fraction of sp³-hybridized carbons (Fsp3) is 0.115. The standard InChI is InChI=1S/C26H18F2N2S/c27-19-10-5-17(6-11-19)23-15-31-26-29-24-21-4-2-1-3-16(21)9-14-22(24)25(30(23)26)18-7-12-20(28)13-8-18/h1-8,10-13,15,25H,9,14H2/t25-/m0/s1. The van der Waals surface area contributed by atoms with Crippen molar-refractivity contribution >= 4 is 28.3 Å². The van der Waals surface area contributed by atoms with Crippen LogP contribution in [0.15, 0.2) is 88.8 Å². The lowest BCUT2D eigenvalue weighted by molar-refractivity contribution is 0.472. The minimum absolute atomic E-state index is 0.0808. The fourth-order valence-corrected chi connectivity index (χ4v) is 5.59. The Kier molecular flexibility index (Phi) is 4.32. The van der Waals surface area contributed by atoms with E-state index in [9.17, 15) is 8.78 Å². The number of benzene rings is 3. The molecule has 5 heteroatoms. The maximum atomic E-state index is 13.7. The van der Waals surface area contributed by atoms with Gasteiger partial charge in [-0.3, -0.25) is 0 Å². The SMILES string of the molecule is Fc1ccc(C2=CSC3=NC4=C(CCc5ccccc54)[C@H](c4ccc(F)cc4)N23)cc1. The van der Waals surface area contributed by atoms with Crippen molar-refractivity contribution < 1.29 is 8.78 Å². The molecule has 0 saturated heterocycles. The Morgan fingerprint density at radius 2 is 1.55 bits per heavy atom. The van der Waals surface area contributed by atoms with Crippen LogP contribution in [-0.4, -0.2) is 10.1 Å². The zero-order valence-corrected chi connectivity index (χ0v) is 17.4. The zero-order valence-electron chi connectivity index (χ0n) is 16.6. The van der Waals surface area contributed by atoms with E-state index in [1.165, 1.54) is 41.0 Å². The number of hydrogen-bond donors (Lipinski definition) is 0. The van der Waals surface area contributed by atoms with Gasteiger partial charge < -0.3 is 4.90 Å². The maximum Gasteiger partial charge on any atom is 0.174 e. The lowest BCUT2D eigenvalue weighted by Crippen LogP contribution is -2.34. The number of rotatable bonds is 2. The first kappa shape index (κ1) is 18.6. The molecule has 6 rings (SSSR count). The zero-order chi connectivity index (χ0) is 20.9.